The van der Waals surface area contributed by atoms with E-state index in [1.165, 1.54) is 19.2 Å². The van der Waals surface area contributed by atoms with Crippen LogP contribution in [-0.4, -0.2) is 43.3 Å². The van der Waals surface area contributed by atoms with Gasteiger partial charge in [0.25, 0.3) is 0 Å². The van der Waals surface area contributed by atoms with E-state index in [4.69, 9.17) is 4.74 Å². The smallest absolute Gasteiger partial charge is 0.416 e. The highest BCUT2D eigenvalue weighted by Gasteiger charge is 2.34. The molecule has 162 valence electrons. The summed E-state index contributed by atoms with van der Waals surface area (Å²) < 4.78 is 44.6. The summed E-state index contributed by atoms with van der Waals surface area (Å²) in [5, 5.41) is 12.4. The number of carbonyl (C=O) groups is 1. The molecular formula is C21H24F3N3O3. The highest BCUT2D eigenvalue weighted by molar-refractivity contribution is 5.93. The first-order valence-electron chi connectivity index (χ1n) is 9.42. The molecule has 2 N–H and O–H groups in total. The SMILES string of the molecule is COc1cc(CN(C(=O)Nc2cc(C(F)(F)F)ccc2N(C)C)C2CC2)ccc1O. The van der Waals surface area contributed by atoms with E-state index in [-0.39, 0.29) is 29.8 Å². The molecule has 0 unspecified atom stereocenters. The summed E-state index contributed by atoms with van der Waals surface area (Å²) in [6.07, 6.45) is -2.86. The third kappa shape index (κ3) is 4.90. The van der Waals surface area contributed by atoms with Gasteiger partial charge in [-0.2, -0.15) is 13.2 Å². The van der Waals surface area contributed by atoms with Gasteiger partial charge in [0.1, 0.15) is 0 Å². The monoisotopic (exact) mass is 423 g/mol. The van der Waals surface area contributed by atoms with E-state index in [0.29, 0.717) is 5.69 Å². The molecule has 3 rings (SSSR count). The van der Waals surface area contributed by atoms with Crippen LogP contribution in [0.3, 0.4) is 0 Å². The van der Waals surface area contributed by atoms with Crippen molar-refractivity contribution in [3.63, 3.8) is 0 Å². The van der Waals surface area contributed by atoms with Gasteiger partial charge in [-0.3, -0.25) is 0 Å². The third-order valence-corrected chi connectivity index (χ3v) is 4.89. The molecule has 1 saturated carbocycles. The molecule has 0 aromatic heterocycles. The normalized spacial score (nSPS) is 13.7. The van der Waals surface area contributed by atoms with Gasteiger partial charge in [0.2, 0.25) is 0 Å². The second-order valence-electron chi connectivity index (χ2n) is 7.42. The number of amides is 2. The summed E-state index contributed by atoms with van der Waals surface area (Å²) in [5.41, 5.74) is 0.473. The summed E-state index contributed by atoms with van der Waals surface area (Å²) in [5.74, 6) is 0.277. The molecule has 9 heteroatoms. The molecule has 1 aliphatic carbocycles. The highest BCUT2D eigenvalue weighted by Crippen LogP contribution is 2.36. The van der Waals surface area contributed by atoms with E-state index in [2.05, 4.69) is 5.32 Å². The number of benzene rings is 2. The van der Waals surface area contributed by atoms with Crippen molar-refractivity contribution >= 4 is 17.4 Å². The summed E-state index contributed by atoms with van der Waals surface area (Å²) >= 11 is 0. The van der Waals surface area contributed by atoms with Gasteiger partial charge in [-0.25, -0.2) is 4.79 Å². The van der Waals surface area contributed by atoms with E-state index >= 15 is 0 Å². The van der Waals surface area contributed by atoms with Gasteiger partial charge in [-0.1, -0.05) is 6.07 Å². The number of phenols is 1. The van der Waals surface area contributed by atoms with Crippen LogP contribution in [0.4, 0.5) is 29.3 Å². The van der Waals surface area contributed by atoms with Gasteiger partial charge in [0.15, 0.2) is 11.5 Å². The lowest BCUT2D eigenvalue weighted by Crippen LogP contribution is -2.36. The van der Waals surface area contributed by atoms with Crippen molar-refractivity contribution in [2.24, 2.45) is 0 Å². The second-order valence-corrected chi connectivity index (χ2v) is 7.42. The number of hydrogen-bond donors (Lipinski definition) is 2. The van der Waals surface area contributed by atoms with Gasteiger partial charge in [-0.15, -0.1) is 0 Å². The average molecular weight is 423 g/mol. The first-order chi connectivity index (χ1) is 14.1. The standard InChI is InChI=1S/C21H24F3N3O3/c1-26(2)17-8-5-14(21(22,23)24)11-16(17)25-20(29)27(15-6-7-15)12-13-4-9-18(28)19(10-13)30-3/h4-5,8-11,15,28H,6-7,12H2,1-3H3,(H,25,29). The van der Waals surface area contributed by atoms with Crippen LogP contribution in [0.25, 0.3) is 0 Å². The Kier molecular flexibility index (Phi) is 6.00. The zero-order valence-electron chi connectivity index (χ0n) is 17.0. The van der Waals surface area contributed by atoms with E-state index in [0.717, 1.165) is 30.5 Å². The molecule has 0 atom stereocenters. The molecule has 2 amide bonds. The van der Waals surface area contributed by atoms with Crippen LogP contribution >= 0.6 is 0 Å². The Morgan fingerprint density at radius 2 is 1.90 bits per heavy atom. The lowest BCUT2D eigenvalue weighted by Gasteiger charge is -2.25. The Morgan fingerprint density at radius 1 is 1.20 bits per heavy atom. The number of ether oxygens (including phenoxy) is 1. The van der Waals surface area contributed by atoms with E-state index in [9.17, 15) is 23.1 Å². The highest BCUT2D eigenvalue weighted by atomic mass is 19.4. The molecule has 0 saturated heterocycles. The van der Waals surface area contributed by atoms with Crippen molar-refractivity contribution < 1.29 is 27.8 Å². The average Bonchev–Trinajstić information content (AvgIpc) is 3.51. The summed E-state index contributed by atoms with van der Waals surface area (Å²) in [4.78, 5) is 16.2. The maximum absolute atomic E-state index is 13.2. The Hall–Kier alpha value is -3.10. The number of anilines is 2. The minimum atomic E-state index is -4.51. The summed E-state index contributed by atoms with van der Waals surface area (Å²) in [6.45, 7) is 0.239. The van der Waals surface area contributed by atoms with Gasteiger partial charge < -0.3 is 25.0 Å². The number of methoxy groups -OCH3 is 1. The quantitative estimate of drug-likeness (QED) is 0.708. The van der Waals surface area contributed by atoms with Gasteiger partial charge >= 0.3 is 12.2 Å². The van der Waals surface area contributed by atoms with Crippen LogP contribution < -0.4 is 15.0 Å². The summed E-state index contributed by atoms with van der Waals surface area (Å²) in [7, 11) is 4.82. The van der Waals surface area contributed by atoms with E-state index in [1.807, 2.05) is 0 Å². The van der Waals surface area contributed by atoms with Crippen LogP contribution in [0.2, 0.25) is 0 Å². The molecule has 0 radical (unpaired) electrons. The molecular weight excluding hydrogens is 399 g/mol. The number of nitrogens with one attached hydrogen (secondary N) is 1. The van der Waals surface area contributed by atoms with Crippen molar-refractivity contribution in [2.75, 3.05) is 31.4 Å². The molecule has 6 nitrogen and oxygen atoms in total. The fourth-order valence-corrected chi connectivity index (χ4v) is 3.16. The number of phenolic OH excluding ortho intramolecular Hbond substituents is 1. The number of carbonyl (C=O) groups excluding carboxylic acids is 1. The topological polar surface area (TPSA) is 65.0 Å². The third-order valence-electron chi connectivity index (χ3n) is 4.89. The second kappa shape index (κ2) is 8.33. The van der Waals surface area contributed by atoms with Crippen LogP contribution in [0.5, 0.6) is 11.5 Å². The van der Waals surface area contributed by atoms with Crippen LogP contribution in [0.1, 0.15) is 24.0 Å². The zero-order chi connectivity index (χ0) is 22.1. The fraction of sp³-hybridized carbons (Fsp3) is 0.381. The van der Waals surface area contributed by atoms with E-state index in [1.54, 1.807) is 36.0 Å². The number of urea groups is 1. The number of aromatic hydroxyl groups is 1. The molecule has 30 heavy (non-hydrogen) atoms. The van der Waals surface area contributed by atoms with Crippen LogP contribution in [0, 0.1) is 0 Å². The Bertz CT molecular complexity index is 927. The molecule has 1 aliphatic rings. The first-order valence-corrected chi connectivity index (χ1v) is 9.42. The predicted octanol–water partition coefficient (Wildman–Crippen LogP) is 4.68. The maximum atomic E-state index is 13.2. The van der Waals surface area contributed by atoms with Gasteiger partial charge in [0.05, 0.1) is 24.0 Å². The van der Waals surface area contributed by atoms with E-state index < -0.39 is 17.8 Å². The number of nitrogens with zero attached hydrogens (tertiary/aromatic N) is 2. The fourth-order valence-electron chi connectivity index (χ4n) is 3.16. The number of rotatable bonds is 6. The Labute approximate surface area is 172 Å². The first kappa shape index (κ1) is 21.6. The van der Waals surface area contributed by atoms with Crippen molar-refractivity contribution in [1.82, 2.24) is 4.90 Å². The molecule has 2 aromatic carbocycles. The zero-order valence-corrected chi connectivity index (χ0v) is 17.0. The minimum Gasteiger partial charge on any atom is -0.504 e. The number of hydrogen-bond acceptors (Lipinski definition) is 4. The Morgan fingerprint density at radius 3 is 2.47 bits per heavy atom. The Balaban J connectivity index is 1.85. The molecule has 0 spiro atoms. The lowest BCUT2D eigenvalue weighted by atomic mass is 10.1. The lowest BCUT2D eigenvalue weighted by molar-refractivity contribution is -0.137. The van der Waals surface area contributed by atoms with Gasteiger partial charge in [0, 0.05) is 26.7 Å². The number of alkyl halides is 3. The largest absolute Gasteiger partial charge is 0.504 e. The number of halogens is 3. The predicted molar refractivity (Wildman–Crippen MR) is 108 cm³/mol. The molecule has 0 bridgehead atoms. The van der Waals surface area contributed by atoms with Crippen LogP contribution in [0.15, 0.2) is 36.4 Å². The summed E-state index contributed by atoms with van der Waals surface area (Å²) in [6, 6.07) is 7.60. The van der Waals surface area contributed by atoms with Crippen molar-refractivity contribution in [2.45, 2.75) is 31.6 Å². The van der Waals surface area contributed by atoms with Crippen molar-refractivity contribution in [1.29, 1.82) is 0 Å². The molecule has 1 fully saturated rings. The van der Waals surface area contributed by atoms with Gasteiger partial charge in [-0.05, 0) is 48.7 Å². The van der Waals surface area contributed by atoms with Crippen molar-refractivity contribution in [3.05, 3.63) is 47.5 Å². The molecule has 2 aromatic rings. The van der Waals surface area contributed by atoms with Crippen molar-refractivity contribution in [3.8, 4) is 11.5 Å². The molecule has 0 aliphatic heterocycles. The van der Waals surface area contributed by atoms with Crippen LogP contribution in [-0.2, 0) is 12.7 Å². The maximum Gasteiger partial charge on any atom is 0.416 e. The minimum absolute atomic E-state index is 0.0109. The molecule has 0 heterocycles.